The third-order valence-corrected chi connectivity index (χ3v) is 3.17. The molecular weight excluding hydrogens is 357 g/mol. The van der Waals surface area contributed by atoms with E-state index in [1.165, 1.54) is 13.0 Å². The van der Waals surface area contributed by atoms with Gasteiger partial charge in [-0.2, -0.15) is 4.39 Å². The highest BCUT2D eigenvalue weighted by molar-refractivity contribution is 6.25. The van der Waals surface area contributed by atoms with Gasteiger partial charge in [-0.1, -0.05) is 6.08 Å². The summed E-state index contributed by atoms with van der Waals surface area (Å²) in [5.74, 6) is -8.17. The van der Waals surface area contributed by atoms with Crippen molar-refractivity contribution in [1.29, 1.82) is 0 Å². The van der Waals surface area contributed by atoms with Crippen molar-refractivity contribution < 1.29 is 32.4 Å². The van der Waals surface area contributed by atoms with Crippen molar-refractivity contribution in [3.8, 4) is 0 Å². The van der Waals surface area contributed by atoms with Crippen molar-refractivity contribution in [2.75, 3.05) is 13.2 Å². The summed E-state index contributed by atoms with van der Waals surface area (Å²) >= 11 is 0. The van der Waals surface area contributed by atoms with Crippen molar-refractivity contribution in [1.82, 2.24) is 5.32 Å². The van der Waals surface area contributed by atoms with Crippen LogP contribution in [0.4, 0.5) is 18.9 Å². The Kier molecular flexibility index (Phi) is 7.06. The van der Waals surface area contributed by atoms with Crippen molar-refractivity contribution in [2.45, 2.75) is 13.8 Å². The smallest absolute Gasteiger partial charge is 0.343 e. The zero-order chi connectivity index (χ0) is 20.0. The maximum Gasteiger partial charge on any atom is 0.343 e. The fraction of sp³-hybridized carbons (Fsp3) is 0.250. The van der Waals surface area contributed by atoms with Gasteiger partial charge in [0.05, 0.1) is 11.5 Å². The molecule has 10 heteroatoms. The Morgan fingerprint density at radius 3 is 2.38 bits per heavy atom. The zero-order valence-corrected chi connectivity index (χ0v) is 13.9. The number of nitro groups is 1. The number of hydrogen-bond donors (Lipinski definition) is 1. The van der Waals surface area contributed by atoms with Crippen LogP contribution in [0.3, 0.4) is 0 Å². The Morgan fingerprint density at radius 2 is 1.88 bits per heavy atom. The molecule has 1 aromatic rings. The van der Waals surface area contributed by atoms with E-state index in [4.69, 9.17) is 0 Å². The van der Waals surface area contributed by atoms with Gasteiger partial charge in [-0.3, -0.25) is 14.9 Å². The quantitative estimate of drug-likeness (QED) is 0.0720. The molecule has 0 spiro atoms. The van der Waals surface area contributed by atoms with Gasteiger partial charge in [0, 0.05) is 18.3 Å². The van der Waals surface area contributed by atoms with Crippen molar-refractivity contribution in [3.05, 3.63) is 63.1 Å². The van der Waals surface area contributed by atoms with Gasteiger partial charge < -0.3 is 10.1 Å². The van der Waals surface area contributed by atoms with Crippen LogP contribution in [0.25, 0.3) is 0 Å². The summed E-state index contributed by atoms with van der Waals surface area (Å²) in [4.78, 5) is 34.1. The van der Waals surface area contributed by atoms with E-state index in [9.17, 15) is 32.9 Å². The number of carbonyl (C=O) groups is 2. The predicted octanol–water partition coefficient (Wildman–Crippen LogP) is 2.73. The van der Waals surface area contributed by atoms with E-state index in [1.54, 1.807) is 0 Å². The van der Waals surface area contributed by atoms with Crippen LogP contribution in [-0.4, -0.2) is 29.8 Å². The summed E-state index contributed by atoms with van der Waals surface area (Å²) < 4.78 is 46.6. The molecular formula is C16H15F3N2O5. The first kappa shape index (κ1) is 20.9. The molecule has 0 aliphatic rings. The first-order valence-electron chi connectivity index (χ1n) is 7.26. The summed E-state index contributed by atoms with van der Waals surface area (Å²) in [5.41, 5.74) is -4.82. The molecule has 26 heavy (non-hydrogen) atoms. The second-order valence-corrected chi connectivity index (χ2v) is 4.85. The molecule has 0 aromatic heterocycles. The molecule has 7 nitrogen and oxygen atoms in total. The van der Waals surface area contributed by atoms with Crippen LogP contribution in [0.5, 0.6) is 0 Å². The number of ether oxygens (including phenoxy) is 1. The van der Waals surface area contributed by atoms with Crippen LogP contribution in [0.1, 0.15) is 22.8 Å². The van der Waals surface area contributed by atoms with Crippen LogP contribution >= 0.6 is 0 Å². The van der Waals surface area contributed by atoms with Crippen LogP contribution in [0, 0.1) is 34.5 Å². The number of nitrogens with zero attached hydrogens (tertiary/aromatic N) is 1. The number of benzene rings is 1. The first-order valence-corrected chi connectivity index (χ1v) is 7.26. The third kappa shape index (κ3) is 4.08. The molecule has 0 unspecified atom stereocenters. The summed E-state index contributed by atoms with van der Waals surface area (Å²) in [6.07, 6.45) is 2.20. The van der Waals surface area contributed by atoms with E-state index in [1.807, 2.05) is 0 Å². The fourth-order valence-corrected chi connectivity index (χ4v) is 1.95. The van der Waals surface area contributed by atoms with Crippen molar-refractivity contribution in [2.24, 2.45) is 0 Å². The second kappa shape index (κ2) is 8.79. The average molecular weight is 372 g/mol. The lowest BCUT2D eigenvalue weighted by molar-refractivity contribution is -0.388. The van der Waals surface area contributed by atoms with Crippen LogP contribution in [0.2, 0.25) is 0 Å². The minimum absolute atomic E-state index is 0.0948. The lowest BCUT2D eigenvalue weighted by atomic mass is 9.98. The number of esters is 1. The van der Waals surface area contributed by atoms with E-state index in [-0.39, 0.29) is 13.2 Å². The minimum Gasteiger partial charge on any atom is -0.462 e. The Morgan fingerprint density at radius 1 is 1.27 bits per heavy atom. The van der Waals surface area contributed by atoms with Gasteiger partial charge in [-0.05, 0) is 13.8 Å². The van der Waals surface area contributed by atoms with E-state index in [0.717, 1.165) is 13.1 Å². The van der Waals surface area contributed by atoms with Crippen LogP contribution in [0.15, 0.2) is 24.4 Å². The van der Waals surface area contributed by atoms with E-state index in [2.05, 4.69) is 16.6 Å². The van der Waals surface area contributed by atoms with Gasteiger partial charge in [0.25, 0.3) is 0 Å². The highest BCUT2D eigenvalue weighted by Crippen LogP contribution is 2.32. The highest BCUT2D eigenvalue weighted by atomic mass is 19.2. The Balaban J connectivity index is 3.66. The maximum atomic E-state index is 14.4. The lowest BCUT2D eigenvalue weighted by Crippen LogP contribution is -2.22. The van der Waals surface area contributed by atoms with Gasteiger partial charge >= 0.3 is 11.7 Å². The SMILES string of the molecule is C=CCNC=C(C(=O)OCC)C(=O)c1c(F)c(C)c(F)c(F)c1[N+](=O)[O-]. The van der Waals surface area contributed by atoms with Gasteiger partial charge in [0.1, 0.15) is 17.0 Å². The molecule has 1 rings (SSSR count). The number of hydrogen-bond acceptors (Lipinski definition) is 6. The molecule has 0 aliphatic carbocycles. The van der Waals surface area contributed by atoms with Crippen molar-refractivity contribution in [3.63, 3.8) is 0 Å². The molecule has 0 bridgehead atoms. The van der Waals surface area contributed by atoms with E-state index in [0.29, 0.717) is 0 Å². The van der Waals surface area contributed by atoms with Crippen molar-refractivity contribution >= 4 is 17.4 Å². The molecule has 0 amide bonds. The molecule has 1 aromatic carbocycles. The highest BCUT2D eigenvalue weighted by Gasteiger charge is 2.37. The molecule has 0 saturated heterocycles. The van der Waals surface area contributed by atoms with E-state index >= 15 is 0 Å². The predicted molar refractivity (Wildman–Crippen MR) is 85.0 cm³/mol. The molecule has 0 saturated carbocycles. The number of nitrogens with one attached hydrogen (secondary N) is 1. The first-order chi connectivity index (χ1) is 12.2. The number of halogens is 3. The topological polar surface area (TPSA) is 98.5 Å². The normalized spacial score (nSPS) is 11.0. The zero-order valence-electron chi connectivity index (χ0n) is 13.9. The second-order valence-electron chi connectivity index (χ2n) is 4.85. The molecule has 0 aliphatic heterocycles. The summed E-state index contributed by atoms with van der Waals surface area (Å²) in [5, 5.41) is 13.5. The summed E-state index contributed by atoms with van der Waals surface area (Å²) in [6, 6.07) is 0. The Labute approximate surface area is 146 Å². The van der Waals surface area contributed by atoms with Crippen LogP contribution in [-0.2, 0) is 9.53 Å². The number of nitro benzene ring substituents is 1. The minimum atomic E-state index is -2.00. The van der Waals surface area contributed by atoms with Gasteiger partial charge in [-0.15, -0.1) is 6.58 Å². The maximum absolute atomic E-state index is 14.4. The Hall–Kier alpha value is -3.17. The summed E-state index contributed by atoms with van der Waals surface area (Å²) in [7, 11) is 0. The average Bonchev–Trinajstić information content (AvgIpc) is 2.59. The third-order valence-electron chi connectivity index (χ3n) is 3.17. The molecule has 0 radical (unpaired) electrons. The largest absolute Gasteiger partial charge is 0.462 e. The molecule has 0 fully saturated rings. The number of carbonyl (C=O) groups excluding carboxylic acids is 2. The fourth-order valence-electron chi connectivity index (χ4n) is 1.95. The van der Waals surface area contributed by atoms with Crippen LogP contribution < -0.4 is 5.32 Å². The number of rotatable bonds is 8. The molecule has 0 atom stereocenters. The molecule has 140 valence electrons. The monoisotopic (exact) mass is 372 g/mol. The van der Waals surface area contributed by atoms with Gasteiger partial charge in [0.2, 0.25) is 11.6 Å². The Bertz CT molecular complexity index is 806. The molecule has 1 N–H and O–H groups in total. The number of Topliss-reactive ketones (excluding diaryl/α,β-unsaturated/α-hetero) is 1. The summed E-state index contributed by atoms with van der Waals surface area (Å²) in [6.45, 7) is 5.58. The number of ketones is 1. The van der Waals surface area contributed by atoms with Gasteiger partial charge in [0.15, 0.2) is 5.82 Å². The van der Waals surface area contributed by atoms with Gasteiger partial charge in [-0.25, -0.2) is 13.6 Å². The standard InChI is InChI=1S/C16H15F3N2O5/c1-4-6-20-7-9(16(23)26-5-2)15(22)10-11(17)8(3)12(18)13(19)14(10)21(24)25/h4,7,20H,1,5-6H2,2-3H3. The lowest BCUT2D eigenvalue weighted by Gasteiger charge is -2.11. The molecule has 0 heterocycles. The van der Waals surface area contributed by atoms with E-state index < -0.39 is 56.5 Å².